The summed E-state index contributed by atoms with van der Waals surface area (Å²) in [6, 6.07) is 0. The molecule has 0 aromatic heterocycles. The van der Waals surface area contributed by atoms with Gasteiger partial charge in [0.2, 0.25) is 0 Å². The maximum Gasteiger partial charge on any atom is 0.498 e. The number of esters is 1. The van der Waals surface area contributed by atoms with Gasteiger partial charge < -0.3 is 4.74 Å². The summed E-state index contributed by atoms with van der Waals surface area (Å²) in [5.41, 5.74) is -5.43. The van der Waals surface area contributed by atoms with Crippen LogP contribution < -0.4 is 0 Å². The van der Waals surface area contributed by atoms with Gasteiger partial charge >= 0.3 is 11.5 Å². The highest BCUT2D eigenvalue weighted by molar-refractivity contribution is 7.93. The fraction of sp³-hybridized carbons (Fsp3) is 0.833. The summed E-state index contributed by atoms with van der Waals surface area (Å²) in [6.45, 7) is 1.84. The number of alkyl halides is 3. The lowest BCUT2D eigenvalue weighted by Crippen LogP contribution is -2.38. The van der Waals surface area contributed by atoms with E-state index in [9.17, 15) is 26.4 Å². The molecular formula is C6H9F3O4S. The summed E-state index contributed by atoms with van der Waals surface area (Å²) in [4.78, 5) is 10.7. The summed E-state index contributed by atoms with van der Waals surface area (Å²) < 4.78 is 61.1. The summed E-state index contributed by atoms with van der Waals surface area (Å²) in [6.07, 6.45) is 0. The first-order valence-electron chi connectivity index (χ1n) is 3.61. The zero-order chi connectivity index (χ0) is 11.6. The van der Waals surface area contributed by atoms with E-state index in [0.29, 0.717) is 6.92 Å². The van der Waals surface area contributed by atoms with Crippen LogP contribution in [0.1, 0.15) is 13.8 Å². The summed E-state index contributed by atoms with van der Waals surface area (Å²) in [7, 11) is -5.47. The second-order valence-corrected chi connectivity index (χ2v) is 4.65. The third-order valence-electron chi connectivity index (χ3n) is 1.41. The number of carbonyl (C=O) groups is 1. The Kier molecular flexibility index (Phi) is 3.92. The van der Waals surface area contributed by atoms with Crippen molar-refractivity contribution in [1.82, 2.24) is 0 Å². The van der Waals surface area contributed by atoms with Crippen molar-refractivity contribution in [3.63, 3.8) is 0 Å². The Balaban J connectivity index is 4.87. The van der Waals surface area contributed by atoms with E-state index in [1.807, 2.05) is 0 Å². The van der Waals surface area contributed by atoms with Crippen molar-refractivity contribution >= 4 is 15.8 Å². The molecule has 0 saturated carbocycles. The van der Waals surface area contributed by atoms with Crippen LogP contribution >= 0.6 is 0 Å². The minimum absolute atomic E-state index is 0.170. The van der Waals surface area contributed by atoms with Crippen molar-refractivity contribution in [2.24, 2.45) is 0 Å². The van der Waals surface area contributed by atoms with Crippen LogP contribution in [-0.2, 0) is 19.4 Å². The Labute approximate surface area is 79.0 Å². The molecule has 0 unspecified atom stereocenters. The van der Waals surface area contributed by atoms with Gasteiger partial charge in [0.15, 0.2) is 5.25 Å². The summed E-state index contributed by atoms with van der Waals surface area (Å²) >= 11 is 0. The van der Waals surface area contributed by atoms with Crippen LogP contribution in [-0.4, -0.2) is 31.8 Å². The summed E-state index contributed by atoms with van der Waals surface area (Å²) in [5.74, 6) is -1.40. The molecule has 0 aliphatic carbocycles. The molecule has 0 aliphatic heterocycles. The third kappa shape index (κ3) is 2.60. The Morgan fingerprint density at radius 1 is 1.43 bits per heavy atom. The van der Waals surface area contributed by atoms with E-state index in [-0.39, 0.29) is 6.61 Å². The largest absolute Gasteiger partial charge is 0.498 e. The molecule has 84 valence electrons. The second kappa shape index (κ2) is 4.16. The number of halogens is 3. The maximum atomic E-state index is 11.9. The highest BCUT2D eigenvalue weighted by Gasteiger charge is 2.51. The molecule has 0 spiro atoms. The predicted molar refractivity (Wildman–Crippen MR) is 41.1 cm³/mol. The molecule has 0 aromatic carbocycles. The standard InChI is InChI=1S/C6H9F3O4S/c1-3-13-5(10)4(2)14(11,12)6(7,8)9/h4H,3H2,1-2H3/t4-/m0/s1. The number of carbonyl (C=O) groups excluding carboxylic acids is 1. The molecule has 14 heavy (non-hydrogen) atoms. The number of rotatable bonds is 3. The van der Waals surface area contributed by atoms with E-state index in [1.165, 1.54) is 6.92 Å². The van der Waals surface area contributed by atoms with Gasteiger partial charge in [0, 0.05) is 0 Å². The van der Waals surface area contributed by atoms with E-state index in [1.54, 1.807) is 0 Å². The highest BCUT2D eigenvalue weighted by Crippen LogP contribution is 2.27. The molecule has 0 aromatic rings. The Hall–Kier alpha value is -0.790. The maximum absolute atomic E-state index is 11.9. The van der Waals surface area contributed by atoms with Crippen molar-refractivity contribution in [2.45, 2.75) is 24.6 Å². The van der Waals surface area contributed by atoms with E-state index in [2.05, 4.69) is 4.74 Å². The quantitative estimate of drug-likeness (QED) is 0.680. The molecular weight excluding hydrogens is 225 g/mol. The molecule has 0 N–H and O–H groups in total. The van der Waals surface area contributed by atoms with Crippen LogP contribution in [0.4, 0.5) is 13.2 Å². The van der Waals surface area contributed by atoms with Crippen LogP contribution in [0.15, 0.2) is 0 Å². The Bertz CT molecular complexity index is 306. The number of sulfone groups is 1. The van der Waals surface area contributed by atoms with Gasteiger partial charge in [-0.2, -0.15) is 13.2 Å². The summed E-state index contributed by atoms with van der Waals surface area (Å²) in [5, 5.41) is -2.22. The molecule has 8 heteroatoms. The Morgan fingerprint density at radius 3 is 2.14 bits per heavy atom. The minimum atomic E-state index is -5.47. The lowest BCUT2D eigenvalue weighted by atomic mass is 10.5. The van der Waals surface area contributed by atoms with E-state index >= 15 is 0 Å². The van der Waals surface area contributed by atoms with Gasteiger partial charge in [0.05, 0.1) is 6.61 Å². The van der Waals surface area contributed by atoms with E-state index in [4.69, 9.17) is 0 Å². The third-order valence-corrected chi connectivity index (χ3v) is 3.18. The number of hydrogen-bond acceptors (Lipinski definition) is 4. The van der Waals surface area contributed by atoms with Gasteiger partial charge in [0.1, 0.15) is 0 Å². The fourth-order valence-corrected chi connectivity index (χ4v) is 1.31. The van der Waals surface area contributed by atoms with Crippen molar-refractivity contribution in [2.75, 3.05) is 6.61 Å². The van der Waals surface area contributed by atoms with Crippen LogP contribution in [0.3, 0.4) is 0 Å². The molecule has 0 rings (SSSR count). The molecule has 0 amide bonds. The first-order chi connectivity index (χ1) is 6.14. The predicted octanol–water partition coefficient (Wildman–Crippen LogP) is 0.873. The van der Waals surface area contributed by atoms with Gasteiger partial charge in [-0.25, -0.2) is 8.42 Å². The molecule has 4 nitrogen and oxygen atoms in total. The molecule has 0 saturated heterocycles. The molecule has 0 bridgehead atoms. The van der Waals surface area contributed by atoms with E-state index < -0.39 is 26.6 Å². The minimum Gasteiger partial charge on any atom is -0.465 e. The fourth-order valence-electron chi connectivity index (χ4n) is 0.587. The molecule has 1 atom stereocenters. The monoisotopic (exact) mass is 234 g/mol. The SMILES string of the molecule is CCOC(=O)[C@H](C)S(=O)(=O)C(F)(F)F. The molecule has 0 fully saturated rings. The van der Waals surface area contributed by atoms with E-state index in [0.717, 1.165) is 0 Å². The smallest absolute Gasteiger partial charge is 0.465 e. The normalized spacial score (nSPS) is 14.9. The lowest BCUT2D eigenvalue weighted by molar-refractivity contribution is -0.142. The van der Waals surface area contributed by atoms with Crippen LogP contribution in [0.25, 0.3) is 0 Å². The molecule has 0 heterocycles. The number of ether oxygens (including phenoxy) is 1. The van der Waals surface area contributed by atoms with Crippen molar-refractivity contribution in [1.29, 1.82) is 0 Å². The van der Waals surface area contributed by atoms with Crippen molar-refractivity contribution in [3.05, 3.63) is 0 Å². The van der Waals surface area contributed by atoms with Crippen molar-refractivity contribution < 1.29 is 31.1 Å². The van der Waals surface area contributed by atoms with Gasteiger partial charge in [-0.3, -0.25) is 4.79 Å². The van der Waals surface area contributed by atoms with Crippen LogP contribution in [0.5, 0.6) is 0 Å². The van der Waals surface area contributed by atoms with Gasteiger partial charge in [0.25, 0.3) is 9.84 Å². The molecule has 0 aliphatic rings. The second-order valence-electron chi connectivity index (χ2n) is 2.39. The zero-order valence-corrected chi connectivity index (χ0v) is 8.28. The topological polar surface area (TPSA) is 60.4 Å². The first-order valence-corrected chi connectivity index (χ1v) is 5.16. The average molecular weight is 234 g/mol. The highest BCUT2D eigenvalue weighted by atomic mass is 32.2. The van der Waals surface area contributed by atoms with Gasteiger partial charge in [-0.05, 0) is 13.8 Å². The average Bonchev–Trinajstić information content (AvgIpc) is 2.01. The zero-order valence-electron chi connectivity index (χ0n) is 7.46. The van der Waals surface area contributed by atoms with Crippen LogP contribution in [0.2, 0.25) is 0 Å². The van der Waals surface area contributed by atoms with Crippen LogP contribution in [0, 0.1) is 0 Å². The number of hydrogen-bond donors (Lipinski definition) is 0. The van der Waals surface area contributed by atoms with Gasteiger partial charge in [-0.15, -0.1) is 0 Å². The first kappa shape index (κ1) is 13.2. The Morgan fingerprint density at radius 2 is 1.86 bits per heavy atom. The van der Waals surface area contributed by atoms with Crippen molar-refractivity contribution in [3.8, 4) is 0 Å². The van der Waals surface area contributed by atoms with Gasteiger partial charge in [-0.1, -0.05) is 0 Å². The lowest BCUT2D eigenvalue weighted by Gasteiger charge is -2.13. The molecule has 0 radical (unpaired) electrons.